The van der Waals surface area contributed by atoms with Crippen molar-refractivity contribution >= 4 is 5.78 Å². The second-order valence-electron chi connectivity index (χ2n) is 13.1. The van der Waals surface area contributed by atoms with Crippen molar-refractivity contribution in [2.45, 2.75) is 117 Å². The summed E-state index contributed by atoms with van der Waals surface area (Å²) in [6.07, 6.45) is 16.4. The van der Waals surface area contributed by atoms with Crippen LogP contribution in [0.15, 0.2) is 47.6 Å². The Morgan fingerprint density at radius 1 is 1.19 bits per heavy atom. The number of rotatable bonds is 8. The molecule has 4 saturated carbocycles. The lowest BCUT2D eigenvalue weighted by Crippen LogP contribution is -2.39. The maximum Gasteiger partial charge on any atom is 0.141 e. The van der Waals surface area contributed by atoms with Gasteiger partial charge in [0.1, 0.15) is 5.78 Å². The van der Waals surface area contributed by atoms with Gasteiger partial charge in [-0.2, -0.15) is 0 Å². The van der Waals surface area contributed by atoms with Crippen LogP contribution in [0.4, 0.5) is 0 Å². The van der Waals surface area contributed by atoms with E-state index in [4.69, 9.17) is 0 Å². The molecule has 0 radical (unpaired) electrons. The smallest absolute Gasteiger partial charge is 0.141 e. The summed E-state index contributed by atoms with van der Waals surface area (Å²) in [5.41, 5.74) is 2.81. The van der Waals surface area contributed by atoms with Gasteiger partial charge in [0.05, 0.1) is 23.7 Å². The van der Waals surface area contributed by atoms with Crippen LogP contribution in [0, 0.1) is 28.1 Å². The fraction of sp³-hybridized carbons (Fsp3) is 0.719. The van der Waals surface area contributed by atoms with E-state index in [2.05, 4.69) is 45.6 Å². The third-order valence-electron chi connectivity index (χ3n) is 10.2. The molecule has 4 aliphatic rings. The molecule has 0 bridgehead atoms. The topological polar surface area (TPSA) is 77.8 Å². The zero-order chi connectivity index (χ0) is 26.3. The molecule has 0 saturated heterocycles. The molecule has 4 rings (SSSR count). The van der Waals surface area contributed by atoms with Gasteiger partial charge in [-0.15, -0.1) is 0 Å². The molecule has 0 aliphatic heterocycles. The zero-order valence-corrected chi connectivity index (χ0v) is 22.9. The van der Waals surface area contributed by atoms with Gasteiger partial charge in [0.25, 0.3) is 0 Å². The second-order valence-corrected chi connectivity index (χ2v) is 13.1. The molecule has 0 unspecified atom stereocenters. The highest BCUT2D eigenvalue weighted by Gasteiger charge is 2.55. The largest absolute Gasteiger partial charge is 0.393 e. The maximum atomic E-state index is 12.6. The molecule has 4 fully saturated rings. The molecule has 200 valence electrons. The van der Waals surface area contributed by atoms with Crippen molar-refractivity contribution in [1.82, 2.24) is 0 Å². The van der Waals surface area contributed by atoms with Crippen LogP contribution in [0.2, 0.25) is 0 Å². The number of fused-ring (bicyclic) bond motifs is 1. The summed E-state index contributed by atoms with van der Waals surface area (Å²) < 4.78 is 0. The summed E-state index contributed by atoms with van der Waals surface area (Å²) in [6.45, 7) is 13.2. The van der Waals surface area contributed by atoms with Crippen molar-refractivity contribution in [3.8, 4) is 0 Å². The highest BCUT2D eigenvalue weighted by Crippen LogP contribution is 2.62. The number of aliphatic hydroxyl groups excluding tert-OH is 3. The predicted octanol–water partition coefficient (Wildman–Crippen LogP) is 6.22. The first-order valence-electron chi connectivity index (χ1n) is 14.3. The van der Waals surface area contributed by atoms with Gasteiger partial charge in [-0.25, -0.2) is 0 Å². The number of Topliss-reactive ketones (excluding diaryl/α,β-unsaturated/α-hetero) is 1. The normalized spacial score (nSPS) is 37.5. The molecule has 3 N–H and O–H groups in total. The molecular formula is C32H48O4. The van der Waals surface area contributed by atoms with Gasteiger partial charge in [-0.3, -0.25) is 4.79 Å². The number of carbonyl (C=O) groups excluding carboxylic acids is 1. The van der Waals surface area contributed by atoms with E-state index in [0.717, 1.165) is 43.3 Å². The Balaban J connectivity index is 1.50. The van der Waals surface area contributed by atoms with Crippen LogP contribution >= 0.6 is 0 Å². The monoisotopic (exact) mass is 496 g/mol. The van der Waals surface area contributed by atoms with Gasteiger partial charge in [-0.05, 0) is 91.6 Å². The number of allylic oxidation sites excluding steroid dienone is 4. The molecule has 4 nitrogen and oxygen atoms in total. The Labute approximate surface area is 218 Å². The van der Waals surface area contributed by atoms with Crippen LogP contribution in [0.25, 0.3) is 0 Å². The van der Waals surface area contributed by atoms with Gasteiger partial charge in [-0.1, -0.05) is 64.2 Å². The maximum absolute atomic E-state index is 12.6. The van der Waals surface area contributed by atoms with E-state index in [9.17, 15) is 20.1 Å². The van der Waals surface area contributed by atoms with E-state index >= 15 is 0 Å². The van der Waals surface area contributed by atoms with Gasteiger partial charge in [0, 0.05) is 12.8 Å². The van der Waals surface area contributed by atoms with E-state index in [0.29, 0.717) is 31.1 Å². The number of ketones is 1. The SMILES string of the molecule is C=C1/C(=C\C=C2/CCC[C@]3(C)[C@@H](C(C)(C)/C=C/[C@@H](O)C4(C(=O)CCC)CC4)CC[C@@H]23)C[C@@H](O)C[C@@H]1O. The summed E-state index contributed by atoms with van der Waals surface area (Å²) in [5.74, 6) is 1.26. The Morgan fingerprint density at radius 2 is 1.92 bits per heavy atom. The lowest BCUT2D eigenvalue weighted by molar-refractivity contribution is -0.127. The van der Waals surface area contributed by atoms with Crippen LogP contribution in [-0.4, -0.2) is 39.4 Å². The molecule has 0 aromatic heterocycles. The average molecular weight is 497 g/mol. The Kier molecular flexibility index (Phi) is 7.91. The van der Waals surface area contributed by atoms with E-state index in [1.165, 1.54) is 24.8 Å². The molecule has 4 aliphatic carbocycles. The highest BCUT2D eigenvalue weighted by atomic mass is 16.3. The van der Waals surface area contributed by atoms with Crippen molar-refractivity contribution in [2.24, 2.45) is 28.1 Å². The third-order valence-corrected chi connectivity index (χ3v) is 10.2. The molecule has 0 heterocycles. The minimum Gasteiger partial charge on any atom is -0.393 e. The van der Waals surface area contributed by atoms with Gasteiger partial charge < -0.3 is 15.3 Å². The van der Waals surface area contributed by atoms with Crippen LogP contribution in [0.3, 0.4) is 0 Å². The molecule has 6 atom stereocenters. The number of aliphatic hydroxyl groups is 3. The first-order chi connectivity index (χ1) is 16.9. The molecule has 0 aromatic rings. The van der Waals surface area contributed by atoms with Gasteiger partial charge >= 0.3 is 0 Å². The van der Waals surface area contributed by atoms with Crippen LogP contribution in [-0.2, 0) is 4.79 Å². The van der Waals surface area contributed by atoms with Gasteiger partial charge in [0.2, 0.25) is 0 Å². The van der Waals surface area contributed by atoms with Crippen molar-refractivity contribution in [2.75, 3.05) is 0 Å². The average Bonchev–Trinajstić information content (AvgIpc) is 3.55. The van der Waals surface area contributed by atoms with Crippen LogP contribution < -0.4 is 0 Å². The van der Waals surface area contributed by atoms with E-state index in [1.807, 2.05) is 13.0 Å². The molecule has 4 heteroatoms. The van der Waals surface area contributed by atoms with E-state index in [-0.39, 0.29) is 16.6 Å². The number of hydrogen-bond acceptors (Lipinski definition) is 4. The highest BCUT2D eigenvalue weighted by molar-refractivity contribution is 5.88. The summed E-state index contributed by atoms with van der Waals surface area (Å²) in [6, 6.07) is 0. The first-order valence-corrected chi connectivity index (χ1v) is 14.3. The summed E-state index contributed by atoms with van der Waals surface area (Å²) in [5, 5.41) is 31.3. The molecular weight excluding hydrogens is 448 g/mol. The van der Waals surface area contributed by atoms with E-state index in [1.54, 1.807) is 0 Å². The minimum atomic E-state index is -0.677. The molecule has 36 heavy (non-hydrogen) atoms. The van der Waals surface area contributed by atoms with Crippen LogP contribution in [0.5, 0.6) is 0 Å². The lowest BCUT2D eigenvalue weighted by atomic mass is 9.57. The number of carbonyl (C=O) groups is 1. The van der Waals surface area contributed by atoms with Crippen molar-refractivity contribution < 1.29 is 20.1 Å². The predicted molar refractivity (Wildman–Crippen MR) is 145 cm³/mol. The molecule has 0 spiro atoms. The lowest BCUT2D eigenvalue weighted by Gasteiger charge is -2.47. The quantitative estimate of drug-likeness (QED) is 0.349. The van der Waals surface area contributed by atoms with E-state index < -0.39 is 23.7 Å². The summed E-state index contributed by atoms with van der Waals surface area (Å²) in [7, 11) is 0. The molecule has 0 aromatic carbocycles. The van der Waals surface area contributed by atoms with Gasteiger partial charge in [0.15, 0.2) is 0 Å². The first kappa shape index (κ1) is 27.5. The van der Waals surface area contributed by atoms with Crippen LogP contribution in [0.1, 0.15) is 98.3 Å². The fourth-order valence-corrected chi connectivity index (χ4v) is 7.92. The van der Waals surface area contributed by atoms with Crippen molar-refractivity contribution in [1.29, 1.82) is 0 Å². The second kappa shape index (κ2) is 10.3. The minimum absolute atomic E-state index is 0.0683. The zero-order valence-electron chi connectivity index (χ0n) is 22.9. The Hall–Kier alpha value is -1.49. The fourth-order valence-electron chi connectivity index (χ4n) is 7.92. The van der Waals surface area contributed by atoms with Crippen molar-refractivity contribution in [3.05, 3.63) is 47.6 Å². The number of hydrogen-bond donors (Lipinski definition) is 3. The summed E-state index contributed by atoms with van der Waals surface area (Å²) >= 11 is 0. The summed E-state index contributed by atoms with van der Waals surface area (Å²) in [4.78, 5) is 12.6. The standard InChI is InChI=1S/C32H48O4/c1-6-8-28(35)32(17-18-32)29(36)14-16-30(3,4)27-13-12-25-22(9-7-15-31(25,27)5)10-11-23-19-24(33)20-26(34)21(23)2/h10-11,14,16,24-27,29,33-34,36H,2,6-9,12-13,15,17-20H2,1,3-5H3/b16-14+,22-10+,23-11-/t24-,25+,26+,27-,29-,31+/m1/s1. The Morgan fingerprint density at radius 3 is 2.58 bits per heavy atom. The Bertz CT molecular complexity index is 949. The van der Waals surface area contributed by atoms with Crippen molar-refractivity contribution in [3.63, 3.8) is 0 Å². The molecule has 0 amide bonds. The third kappa shape index (κ3) is 5.11.